The molecule has 0 radical (unpaired) electrons. The quantitative estimate of drug-likeness (QED) is 0.500. The predicted molar refractivity (Wildman–Crippen MR) is 105 cm³/mol. The zero-order valence-corrected chi connectivity index (χ0v) is 16.2. The fourth-order valence-corrected chi connectivity index (χ4v) is 3.31. The van der Waals surface area contributed by atoms with Crippen molar-refractivity contribution in [2.75, 3.05) is 23.7 Å². The van der Waals surface area contributed by atoms with E-state index >= 15 is 0 Å². The summed E-state index contributed by atoms with van der Waals surface area (Å²) < 4.78 is 34.2. The van der Waals surface area contributed by atoms with E-state index in [0.717, 1.165) is 24.3 Å². The third kappa shape index (κ3) is 6.28. The lowest BCUT2D eigenvalue weighted by molar-refractivity contribution is -0.698. The third-order valence-corrected chi connectivity index (χ3v) is 5.03. The average molecular weight is 375 g/mol. The van der Waals surface area contributed by atoms with Crippen LogP contribution in [0.1, 0.15) is 31.5 Å². The van der Waals surface area contributed by atoms with E-state index in [0.29, 0.717) is 13.0 Å². The molecule has 0 amide bonds. The maximum Gasteiger partial charge on any atom is 0.205 e. The molecule has 2 rings (SSSR count). The van der Waals surface area contributed by atoms with Crippen LogP contribution in [0.5, 0.6) is 0 Å². The van der Waals surface area contributed by atoms with E-state index in [9.17, 15) is 13.0 Å². The summed E-state index contributed by atoms with van der Waals surface area (Å²) in [7, 11) is -4.16. The molecule has 0 aliphatic heterocycles. The zero-order valence-electron chi connectivity index (χ0n) is 15.3. The van der Waals surface area contributed by atoms with Crippen molar-refractivity contribution < 1.29 is 17.5 Å². The molecular formula is C20H26N2O3S. The summed E-state index contributed by atoms with van der Waals surface area (Å²) in [6, 6.07) is 14.2. The van der Waals surface area contributed by atoms with Gasteiger partial charge in [0.2, 0.25) is 5.69 Å². The van der Waals surface area contributed by atoms with Gasteiger partial charge in [0, 0.05) is 49.2 Å². The number of hydrogen-bond acceptors (Lipinski definition) is 4. The van der Waals surface area contributed by atoms with Crippen LogP contribution < -0.4 is 9.47 Å². The van der Waals surface area contributed by atoms with E-state index in [1.165, 1.54) is 5.69 Å². The van der Waals surface area contributed by atoms with Crippen molar-refractivity contribution in [3.8, 4) is 0 Å². The first-order valence-electron chi connectivity index (χ1n) is 8.88. The molecule has 26 heavy (non-hydrogen) atoms. The summed E-state index contributed by atoms with van der Waals surface area (Å²) in [6.45, 7) is 6.74. The smallest absolute Gasteiger partial charge is 0.205 e. The molecule has 0 saturated heterocycles. The lowest BCUT2D eigenvalue weighted by atomic mass is 10.1. The minimum Gasteiger partial charge on any atom is -0.748 e. The molecular weight excluding hydrogens is 348 g/mol. The lowest BCUT2D eigenvalue weighted by Gasteiger charge is -2.20. The van der Waals surface area contributed by atoms with Gasteiger partial charge in [-0.25, -0.2) is 8.42 Å². The van der Waals surface area contributed by atoms with Crippen molar-refractivity contribution in [2.45, 2.75) is 26.8 Å². The van der Waals surface area contributed by atoms with Crippen molar-refractivity contribution in [3.05, 3.63) is 59.9 Å². The number of benzene rings is 1. The van der Waals surface area contributed by atoms with Crippen LogP contribution >= 0.6 is 0 Å². The Morgan fingerprint density at radius 3 is 2.35 bits per heavy atom. The van der Waals surface area contributed by atoms with Gasteiger partial charge in [0.1, 0.15) is 6.54 Å². The fourth-order valence-electron chi connectivity index (χ4n) is 2.82. The van der Waals surface area contributed by atoms with Crippen molar-refractivity contribution in [2.24, 2.45) is 0 Å². The number of rotatable bonds is 9. The van der Waals surface area contributed by atoms with Crippen LogP contribution in [0.4, 0.5) is 5.69 Å². The Morgan fingerprint density at radius 2 is 1.73 bits per heavy atom. The summed E-state index contributed by atoms with van der Waals surface area (Å²) in [4.78, 5) is 2.29. The molecule has 1 aromatic carbocycles. The molecule has 6 heteroatoms. The zero-order chi connectivity index (χ0) is 19.0. The normalized spacial score (nSPS) is 11.8. The molecule has 0 fully saturated rings. The summed E-state index contributed by atoms with van der Waals surface area (Å²) in [5.41, 5.74) is 3.27. The van der Waals surface area contributed by atoms with Crippen LogP contribution in [-0.4, -0.2) is 31.8 Å². The van der Waals surface area contributed by atoms with E-state index < -0.39 is 10.1 Å². The lowest BCUT2D eigenvalue weighted by Crippen LogP contribution is -2.37. The second-order valence-corrected chi connectivity index (χ2v) is 7.56. The van der Waals surface area contributed by atoms with E-state index in [2.05, 4.69) is 43.0 Å². The maximum absolute atomic E-state index is 10.8. The Kier molecular flexibility index (Phi) is 7.36. The molecule has 0 atom stereocenters. The molecule has 0 saturated carbocycles. The second-order valence-electron chi connectivity index (χ2n) is 6.03. The van der Waals surface area contributed by atoms with Gasteiger partial charge < -0.3 is 9.45 Å². The molecule has 140 valence electrons. The monoisotopic (exact) mass is 374 g/mol. The largest absolute Gasteiger partial charge is 0.748 e. The van der Waals surface area contributed by atoms with Gasteiger partial charge in [0.25, 0.3) is 0 Å². The minimum atomic E-state index is -4.16. The van der Waals surface area contributed by atoms with Crippen LogP contribution in [0.2, 0.25) is 0 Å². The highest BCUT2D eigenvalue weighted by Crippen LogP contribution is 2.16. The number of aryl methyl sites for hydroxylation is 1. The van der Waals surface area contributed by atoms with E-state index in [4.69, 9.17) is 0 Å². The highest BCUT2D eigenvalue weighted by Gasteiger charge is 2.07. The van der Waals surface area contributed by atoms with Gasteiger partial charge in [-0.1, -0.05) is 12.1 Å². The van der Waals surface area contributed by atoms with Gasteiger partial charge in [-0.2, -0.15) is 4.57 Å². The van der Waals surface area contributed by atoms with Crippen LogP contribution in [0, 0.1) is 0 Å². The molecule has 0 aliphatic carbocycles. The number of pyridine rings is 1. The van der Waals surface area contributed by atoms with Gasteiger partial charge in [-0.15, -0.1) is 0 Å². The first kappa shape index (κ1) is 20.1. The number of anilines is 1. The van der Waals surface area contributed by atoms with Crippen molar-refractivity contribution in [3.63, 3.8) is 0 Å². The van der Waals surface area contributed by atoms with Crippen molar-refractivity contribution >= 4 is 28.0 Å². The highest BCUT2D eigenvalue weighted by molar-refractivity contribution is 7.85. The SMILES string of the molecule is CCN(CC)c1ccc(/C=C/c2cccc[n+]2CCCS(=O)(=O)[O-])cc1. The number of hydrogen-bond donors (Lipinski definition) is 0. The van der Waals surface area contributed by atoms with Crippen molar-refractivity contribution in [1.82, 2.24) is 0 Å². The van der Waals surface area contributed by atoms with Crippen LogP contribution in [0.3, 0.4) is 0 Å². The van der Waals surface area contributed by atoms with Crippen LogP contribution in [0.25, 0.3) is 12.2 Å². The van der Waals surface area contributed by atoms with E-state index in [-0.39, 0.29) is 5.75 Å². The van der Waals surface area contributed by atoms with Crippen LogP contribution in [0.15, 0.2) is 48.7 Å². The Balaban J connectivity index is 2.08. The third-order valence-electron chi connectivity index (χ3n) is 4.24. The molecule has 0 N–H and O–H groups in total. The van der Waals surface area contributed by atoms with Gasteiger partial charge in [0.15, 0.2) is 6.20 Å². The molecule has 0 spiro atoms. The summed E-state index contributed by atoms with van der Waals surface area (Å²) in [5.74, 6) is -0.342. The molecule has 0 bridgehead atoms. The molecule has 1 heterocycles. The molecule has 2 aromatic rings. The van der Waals surface area contributed by atoms with Gasteiger partial charge in [0.05, 0.1) is 10.1 Å². The molecule has 5 nitrogen and oxygen atoms in total. The number of nitrogens with zero attached hydrogens (tertiary/aromatic N) is 2. The highest BCUT2D eigenvalue weighted by atomic mass is 32.2. The maximum atomic E-state index is 10.8. The second kappa shape index (κ2) is 9.50. The Bertz CT molecular complexity index is 826. The van der Waals surface area contributed by atoms with Gasteiger partial charge in [-0.05, 0) is 43.7 Å². The van der Waals surface area contributed by atoms with E-state index in [1.54, 1.807) is 0 Å². The fraction of sp³-hybridized carbons (Fsp3) is 0.350. The van der Waals surface area contributed by atoms with Gasteiger partial charge in [-0.3, -0.25) is 0 Å². The average Bonchev–Trinajstić information content (AvgIpc) is 2.62. The summed E-state index contributed by atoms with van der Waals surface area (Å²) in [6.07, 6.45) is 6.22. The Morgan fingerprint density at radius 1 is 1.04 bits per heavy atom. The first-order valence-corrected chi connectivity index (χ1v) is 10.5. The standard InChI is InChI=1S/C20H26N2O3S/c1-3-21(4-2)20-13-10-18(11-14-20)9-12-19-8-5-6-15-22(19)16-7-17-26(23,24)25/h5-6,8-15H,3-4,7,16-17H2,1-2H3. The summed E-state index contributed by atoms with van der Waals surface area (Å²) >= 11 is 0. The predicted octanol–water partition coefficient (Wildman–Crippen LogP) is 2.93. The Labute approximate surface area is 156 Å². The topological polar surface area (TPSA) is 64.3 Å². The first-order chi connectivity index (χ1) is 12.4. The van der Waals surface area contributed by atoms with E-state index in [1.807, 2.05) is 41.1 Å². The molecule has 0 aliphatic rings. The minimum absolute atomic E-state index is 0.305. The molecule has 1 aromatic heterocycles. The van der Waals surface area contributed by atoms with Crippen molar-refractivity contribution in [1.29, 1.82) is 0 Å². The summed E-state index contributed by atoms with van der Waals surface area (Å²) in [5, 5.41) is 0. The number of aromatic nitrogens is 1. The molecule has 0 unspecified atom stereocenters. The van der Waals surface area contributed by atoms with Crippen LogP contribution in [-0.2, 0) is 16.7 Å². The Hall–Kier alpha value is -2.18. The van der Waals surface area contributed by atoms with Gasteiger partial charge >= 0.3 is 0 Å².